The Morgan fingerprint density at radius 3 is 2.29 bits per heavy atom. The molecule has 0 saturated carbocycles. The summed E-state index contributed by atoms with van der Waals surface area (Å²) in [5.41, 5.74) is 0. The maximum Gasteiger partial charge on any atom is 0.536 e. The van der Waals surface area contributed by atoms with Crippen LogP contribution in [0.2, 0.25) is 19.6 Å². The molecule has 1 aromatic rings. The zero-order valence-corrected chi connectivity index (χ0v) is 14.9. The van der Waals surface area contributed by atoms with E-state index < -0.39 is 20.6 Å². The molecule has 7 heteroatoms. The highest BCUT2D eigenvalue weighted by atomic mass is 35.5. The lowest BCUT2D eigenvalue weighted by Crippen LogP contribution is -2.66. The number of hydroxylamine groups is 2. The van der Waals surface area contributed by atoms with Gasteiger partial charge in [-0.15, -0.1) is 15.9 Å². The summed E-state index contributed by atoms with van der Waals surface area (Å²) in [7, 11) is 1.06. The molecule has 0 fully saturated rings. The molecular formula is C14H23ClNO4Si+. The second kappa shape index (κ2) is 7.37. The summed E-state index contributed by atoms with van der Waals surface area (Å²) in [5, 5.41) is 0. The minimum Gasteiger partial charge on any atom is -0.380 e. The molecule has 0 spiro atoms. The standard InChI is InChI=1S/C14H23ClNO4Si/c1-16(21(3,4)5,20-13(11-15)18-2)14(17)19-12-9-7-6-8-10-12/h6-10,13H,11H2,1-5H3/q+1. The maximum absolute atomic E-state index is 12.6. The van der Waals surface area contributed by atoms with E-state index in [9.17, 15) is 4.79 Å². The molecule has 5 nitrogen and oxygen atoms in total. The minimum atomic E-state index is -2.12. The number of quaternary nitrogens is 1. The lowest BCUT2D eigenvalue weighted by molar-refractivity contribution is -0.963. The minimum absolute atomic E-state index is 0.132. The SMILES string of the molecule is COC(CCl)O[N+](C)(C(=O)Oc1ccccc1)[Si](C)(C)C. The zero-order chi connectivity index (χ0) is 16.1. The van der Waals surface area contributed by atoms with Crippen LogP contribution in [0.1, 0.15) is 0 Å². The number of carbonyl (C=O) groups excluding carboxylic acids is 1. The Labute approximate surface area is 132 Å². The molecule has 1 amide bonds. The first-order valence-electron chi connectivity index (χ1n) is 6.66. The van der Waals surface area contributed by atoms with Crippen molar-refractivity contribution >= 4 is 25.9 Å². The van der Waals surface area contributed by atoms with Gasteiger partial charge in [0.2, 0.25) is 6.29 Å². The van der Waals surface area contributed by atoms with Crippen LogP contribution in [-0.2, 0) is 9.57 Å². The van der Waals surface area contributed by atoms with Crippen LogP contribution in [0.3, 0.4) is 0 Å². The molecule has 0 aliphatic carbocycles. The van der Waals surface area contributed by atoms with E-state index in [2.05, 4.69) is 0 Å². The summed E-state index contributed by atoms with van der Waals surface area (Å²) in [6.45, 7) is 6.04. The number of amides is 1. The highest BCUT2D eigenvalue weighted by Gasteiger charge is 2.52. The second-order valence-electron chi connectivity index (χ2n) is 5.70. The third-order valence-corrected chi connectivity index (χ3v) is 6.39. The molecule has 0 aliphatic rings. The van der Waals surface area contributed by atoms with Gasteiger partial charge in [-0.1, -0.05) is 18.2 Å². The van der Waals surface area contributed by atoms with Crippen molar-refractivity contribution < 1.29 is 23.4 Å². The van der Waals surface area contributed by atoms with Crippen LogP contribution in [-0.4, -0.2) is 45.0 Å². The van der Waals surface area contributed by atoms with Gasteiger partial charge in [-0.25, -0.2) is 0 Å². The van der Waals surface area contributed by atoms with Crippen LogP contribution >= 0.6 is 11.6 Å². The molecule has 0 N–H and O–H groups in total. The normalized spacial score (nSPS) is 16.1. The van der Waals surface area contributed by atoms with Gasteiger partial charge in [-0.3, -0.25) is 0 Å². The molecule has 118 valence electrons. The number of hydrogen-bond acceptors (Lipinski definition) is 4. The number of ether oxygens (including phenoxy) is 2. The van der Waals surface area contributed by atoms with Gasteiger partial charge < -0.3 is 9.47 Å². The van der Waals surface area contributed by atoms with Crippen molar-refractivity contribution in [2.45, 2.75) is 25.9 Å². The first-order chi connectivity index (χ1) is 9.74. The number of rotatable bonds is 6. The van der Waals surface area contributed by atoms with Gasteiger partial charge in [0.15, 0.2) is 0 Å². The van der Waals surface area contributed by atoms with Gasteiger partial charge in [0.05, 0.1) is 12.9 Å². The van der Waals surface area contributed by atoms with Crippen molar-refractivity contribution in [2.24, 2.45) is 0 Å². The van der Waals surface area contributed by atoms with Gasteiger partial charge in [0.25, 0.3) is 0 Å². The Balaban J connectivity index is 2.99. The van der Waals surface area contributed by atoms with E-state index in [-0.39, 0.29) is 10.2 Å². The summed E-state index contributed by atoms with van der Waals surface area (Å²) in [6, 6.07) is 8.91. The summed E-state index contributed by atoms with van der Waals surface area (Å²) in [6.07, 6.45) is -1.15. The Bertz CT molecular complexity index is 462. The second-order valence-corrected chi connectivity index (χ2v) is 11.2. The van der Waals surface area contributed by atoms with E-state index in [0.717, 1.165) is 0 Å². The van der Waals surface area contributed by atoms with Crippen LogP contribution in [0, 0.1) is 0 Å². The molecule has 21 heavy (non-hydrogen) atoms. The number of nitrogens with zero attached hydrogens (tertiary/aromatic N) is 1. The highest BCUT2D eigenvalue weighted by Crippen LogP contribution is 2.25. The van der Waals surface area contributed by atoms with E-state index >= 15 is 0 Å². The van der Waals surface area contributed by atoms with Gasteiger partial charge in [0.1, 0.15) is 5.75 Å². The molecule has 1 rings (SSSR count). The summed E-state index contributed by atoms with van der Waals surface area (Å²) in [5.74, 6) is 0.613. The number of para-hydroxylation sites is 1. The van der Waals surface area contributed by atoms with Crippen molar-refractivity contribution in [3.05, 3.63) is 30.3 Å². The lowest BCUT2D eigenvalue weighted by atomic mass is 10.3. The van der Waals surface area contributed by atoms with Gasteiger partial charge >= 0.3 is 14.3 Å². The van der Waals surface area contributed by atoms with E-state index in [0.29, 0.717) is 5.75 Å². The van der Waals surface area contributed by atoms with E-state index in [1.165, 1.54) is 7.11 Å². The fraction of sp³-hybridized carbons (Fsp3) is 0.500. The predicted octanol–water partition coefficient (Wildman–Crippen LogP) is 3.61. The molecule has 0 heterocycles. The van der Waals surface area contributed by atoms with Crippen LogP contribution < -0.4 is 4.74 Å². The zero-order valence-electron chi connectivity index (χ0n) is 13.1. The van der Waals surface area contributed by atoms with Crippen molar-refractivity contribution in [3.63, 3.8) is 0 Å². The summed E-state index contributed by atoms with van der Waals surface area (Å²) >= 11 is 5.79. The van der Waals surface area contributed by atoms with Gasteiger partial charge in [0, 0.05) is 7.11 Å². The smallest absolute Gasteiger partial charge is 0.380 e. The van der Waals surface area contributed by atoms with Crippen LogP contribution in [0.15, 0.2) is 30.3 Å². The van der Waals surface area contributed by atoms with E-state index in [1.54, 1.807) is 31.3 Å². The maximum atomic E-state index is 12.6. The van der Waals surface area contributed by atoms with E-state index in [1.807, 2.05) is 25.7 Å². The van der Waals surface area contributed by atoms with Crippen molar-refractivity contribution in [3.8, 4) is 5.75 Å². The number of alkyl halides is 1. The number of hydrogen-bond donors (Lipinski definition) is 0. The largest absolute Gasteiger partial charge is 0.536 e. The van der Waals surface area contributed by atoms with Gasteiger partial charge in [-0.2, -0.15) is 9.63 Å². The van der Waals surface area contributed by atoms with Crippen LogP contribution in [0.5, 0.6) is 5.75 Å². The number of benzene rings is 1. The Kier molecular flexibility index (Phi) is 6.36. The summed E-state index contributed by atoms with van der Waals surface area (Å²) < 4.78 is 10.3. The van der Waals surface area contributed by atoms with Crippen molar-refractivity contribution in [1.82, 2.24) is 0 Å². The first kappa shape index (κ1) is 18.1. The number of methoxy groups -OCH3 is 1. The fourth-order valence-electron chi connectivity index (χ4n) is 1.52. The molecule has 0 aliphatic heterocycles. The lowest BCUT2D eigenvalue weighted by Gasteiger charge is -2.38. The molecule has 0 aromatic heterocycles. The molecule has 2 atom stereocenters. The van der Waals surface area contributed by atoms with E-state index in [4.69, 9.17) is 25.9 Å². The third-order valence-electron chi connectivity index (χ3n) is 3.29. The van der Waals surface area contributed by atoms with Crippen LogP contribution in [0.25, 0.3) is 0 Å². The Morgan fingerprint density at radius 2 is 1.86 bits per heavy atom. The van der Waals surface area contributed by atoms with Crippen LogP contribution in [0.4, 0.5) is 4.79 Å². The van der Waals surface area contributed by atoms with Crippen molar-refractivity contribution in [1.29, 1.82) is 0 Å². The molecular weight excluding hydrogens is 310 g/mol. The Morgan fingerprint density at radius 1 is 1.29 bits per heavy atom. The fourth-order valence-corrected chi connectivity index (χ4v) is 2.73. The average molecular weight is 333 g/mol. The highest BCUT2D eigenvalue weighted by molar-refractivity contribution is 6.69. The monoisotopic (exact) mass is 332 g/mol. The topological polar surface area (TPSA) is 44.8 Å². The average Bonchev–Trinajstić information content (AvgIpc) is 2.44. The first-order valence-corrected chi connectivity index (χ1v) is 10.6. The predicted molar refractivity (Wildman–Crippen MR) is 84.6 cm³/mol. The number of halogens is 1. The molecule has 1 aromatic carbocycles. The third kappa shape index (κ3) is 4.52. The van der Waals surface area contributed by atoms with Crippen molar-refractivity contribution in [2.75, 3.05) is 20.0 Å². The van der Waals surface area contributed by atoms with Gasteiger partial charge in [-0.05, 0) is 31.8 Å². The Hall–Kier alpha value is -0.923. The molecule has 2 unspecified atom stereocenters. The summed E-state index contributed by atoms with van der Waals surface area (Å²) in [4.78, 5) is 18.4. The quantitative estimate of drug-likeness (QED) is 0.345. The molecule has 0 radical (unpaired) electrons. The number of carbonyl (C=O) groups is 1. The molecule has 0 saturated heterocycles. The molecule has 0 bridgehead atoms.